The molecule has 1 fully saturated rings. The number of aromatic nitrogens is 3. The molecule has 0 unspecified atom stereocenters. The first-order chi connectivity index (χ1) is 18.6. The van der Waals surface area contributed by atoms with Crippen LogP contribution in [0, 0.1) is 0 Å². The van der Waals surface area contributed by atoms with E-state index >= 15 is 0 Å². The largest absolute Gasteiger partial charge is 0.399 e. The number of hydrogen-bond acceptors (Lipinski definition) is 7. The Balaban J connectivity index is 1.16. The van der Waals surface area contributed by atoms with Gasteiger partial charge in [0.25, 0.3) is 5.91 Å². The van der Waals surface area contributed by atoms with Crippen LogP contribution in [0.5, 0.6) is 0 Å². The summed E-state index contributed by atoms with van der Waals surface area (Å²) in [4.78, 5) is 30.9. The van der Waals surface area contributed by atoms with Crippen LogP contribution in [0.2, 0.25) is 0 Å². The van der Waals surface area contributed by atoms with Crippen molar-refractivity contribution in [3.63, 3.8) is 0 Å². The van der Waals surface area contributed by atoms with E-state index in [4.69, 9.17) is 10.7 Å². The number of amides is 1. The van der Waals surface area contributed by atoms with E-state index in [1.54, 1.807) is 24.3 Å². The van der Waals surface area contributed by atoms with Gasteiger partial charge in [-0.3, -0.25) is 14.8 Å². The molecule has 2 aromatic heterocycles. The molecule has 38 heavy (non-hydrogen) atoms. The van der Waals surface area contributed by atoms with E-state index in [9.17, 15) is 4.79 Å². The van der Waals surface area contributed by atoms with Gasteiger partial charge in [-0.25, -0.2) is 4.98 Å². The number of pyridine rings is 1. The number of fused-ring (bicyclic) bond motifs is 1. The van der Waals surface area contributed by atoms with E-state index in [2.05, 4.69) is 31.2 Å². The zero-order valence-corrected chi connectivity index (χ0v) is 20.8. The molecule has 3 aromatic carbocycles. The zero-order chi connectivity index (χ0) is 25.9. The minimum atomic E-state index is -0.194. The molecule has 0 aliphatic carbocycles. The summed E-state index contributed by atoms with van der Waals surface area (Å²) in [7, 11) is 0. The average Bonchev–Trinajstić information content (AvgIpc) is 2.97. The molecule has 8 nitrogen and oxygen atoms in total. The molecule has 3 heterocycles. The molecule has 1 aliphatic rings. The zero-order valence-electron chi connectivity index (χ0n) is 20.8. The van der Waals surface area contributed by atoms with Crippen LogP contribution in [-0.4, -0.2) is 47.0 Å². The molecule has 0 radical (unpaired) electrons. The monoisotopic (exact) mass is 501 g/mol. The van der Waals surface area contributed by atoms with E-state index < -0.39 is 0 Å². The van der Waals surface area contributed by atoms with Gasteiger partial charge in [-0.2, -0.15) is 0 Å². The topological polar surface area (TPSA) is 100 Å². The molecule has 1 aliphatic heterocycles. The van der Waals surface area contributed by atoms with E-state index in [1.807, 2.05) is 67.1 Å². The second-order valence-electron chi connectivity index (χ2n) is 9.27. The number of carbonyl (C=O) groups is 1. The summed E-state index contributed by atoms with van der Waals surface area (Å²) < 4.78 is 0. The summed E-state index contributed by atoms with van der Waals surface area (Å²) >= 11 is 0. The predicted molar refractivity (Wildman–Crippen MR) is 152 cm³/mol. The van der Waals surface area contributed by atoms with Gasteiger partial charge in [0, 0.05) is 61.2 Å². The number of nitrogens with two attached hydrogens (primary N) is 1. The van der Waals surface area contributed by atoms with Crippen molar-refractivity contribution in [2.75, 3.05) is 47.0 Å². The highest BCUT2D eigenvalue weighted by Gasteiger charge is 2.19. The molecular formula is C30H27N7O. The number of hydrogen-bond donors (Lipinski definition) is 2. The van der Waals surface area contributed by atoms with Crippen molar-refractivity contribution in [1.29, 1.82) is 0 Å². The number of nitrogen functional groups attached to an aromatic ring is 1. The Bertz CT molecular complexity index is 1580. The minimum Gasteiger partial charge on any atom is -0.399 e. The second-order valence-corrected chi connectivity index (χ2v) is 9.27. The first-order valence-electron chi connectivity index (χ1n) is 12.6. The minimum absolute atomic E-state index is 0.194. The molecular weight excluding hydrogens is 474 g/mol. The second kappa shape index (κ2) is 10.2. The van der Waals surface area contributed by atoms with E-state index in [-0.39, 0.29) is 5.91 Å². The lowest BCUT2D eigenvalue weighted by Crippen LogP contribution is -2.46. The molecule has 0 atom stereocenters. The Morgan fingerprint density at radius 3 is 2.29 bits per heavy atom. The molecule has 0 saturated carbocycles. The lowest BCUT2D eigenvalue weighted by atomic mass is 10.0. The summed E-state index contributed by atoms with van der Waals surface area (Å²) in [5.74, 6) is 0.698. The summed E-state index contributed by atoms with van der Waals surface area (Å²) in [6.07, 6.45) is 5.53. The highest BCUT2D eigenvalue weighted by atomic mass is 16.1. The fourth-order valence-corrected chi connectivity index (χ4v) is 4.71. The fraction of sp³-hybridized carbons (Fsp3) is 0.133. The first kappa shape index (κ1) is 23.4. The molecule has 8 heteroatoms. The SMILES string of the molecule is Nc1cccc(C(=O)Nc2ccc(-c3ccc4ncc(N5CCN(c6ccncc6)CC5)nc4c3)cc2)c1. The van der Waals surface area contributed by atoms with Crippen LogP contribution in [0.25, 0.3) is 22.2 Å². The lowest BCUT2D eigenvalue weighted by molar-refractivity contribution is 0.102. The number of anilines is 4. The number of carbonyl (C=O) groups excluding carboxylic acids is 1. The van der Waals surface area contributed by atoms with Crippen molar-refractivity contribution < 1.29 is 4.79 Å². The Hall–Kier alpha value is -4.98. The third kappa shape index (κ3) is 4.97. The van der Waals surface area contributed by atoms with Gasteiger partial charge in [0.2, 0.25) is 0 Å². The molecule has 1 saturated heterocycles. The smallest absolute Gasteiger partial charge is 0.255 e. The summed E-state index contributed by atoms with van der Waals surface area (Å²) in [5, 5.41) is 2.92. The van der Waals surface area contributed by atoms with Crippen LogP contribution >= 0.6 is 0 Å². The van der Waals surface area contributed by atoms with Gasteiger partial charge in [-0.15, -0.1) is 0 Å². The van der Waals surface area contributed by atoms with E-state index in [1.165, 1.54) is 5.69 Å². The molecule has 0 bridgehead atoms. The van der Waals surface area contributed by atoms with E-state index in [0.717, 1.165) is 59.8 Å². The van der Waals surface area contributed by atoms with Gasteiger partial charge < -0.3 is 20.9 Å². The fourth-order valence-electron chi connectivity index (χ4n) is 4.71. The van der Waals surface area contributed by atoms with Crippen molar-refractivity contribution in [1.82, 2.24) is 15.0 Å². The highest BCUT2D eigenvalue weighted by Crippen LogP contribution is 2.26. The van der Waals surface area contributed by atoms with Gasteiger partial charge in [0.15, 0.2) is 0 Å². The number of nitrogens with zero attached hydrogens (tertiary/aromatic N) is 5. The summed E-state index contributed by atoms with van der Waals surface area (Å²) in [5.41, 5.74) is 12.6. The van der Waals surface area contributed by atoms with Crippen LogP contribution in [0.3, 0.4) is 0 Å². The van der Waals surface area contributed by atoms with Crippen molar-refractivity contribution in [3.05, 3.63) is 103 Å². The van der Waals surface area contributed by atoms with Crippen LogP contribution in [0.1, 0.15) is 10.4 Å². The van der Waals surface area contributed by atoms with Gasteiger partial charge >= 0.3 is 0 Å². The quantitative estimate of drug-likeness (QED) is 0.332. The third-order valence-electron chi connectivity index (χ3n) is 6.79. The Kier molecular flexibility index (Phi) is 6.27. The molecule has 0 spiro atoms. The third-order valence-corrected chi connectivity index (χ3v) is 6.79. The maximum absolute atomic E-state index is 12.5. The number of piperazine rings is 1. The van der Waals surface area contributed by atoms with Gasteiger partial charge in [0.05, 0.1) is 17.2 Å². The average molecular weight is 502 g/mol. The number of benzene rings is 3. The Morgan fingerprint density at radius 2 is 1.53 bits per heavy atom. The first-order valence-corrected chi connectivity index (χ1v) is 12.6. The molecule has 5 aromatic rings. The maximum Gasteiger partial charge on any atom is 0.255 e. The lowest BCUT2D eigenvalue weighted by Gasteiger charge is -2.36. The van der Waals surface area contributed by atoms with Crippen molar-refractivity contribution in [3.8, 4) is 11.1 Å². The molecule has 6 rings (SSSR count). The van der Waals surface area contributed by atoms with Gasteiger partial charge in [0.1, 0.15) is 5.82 Å². The van der Waals surface area contributed by atoms with Crippen molar-refractivity contribution in [2.24, 2.45) is 0 Å². The standard InChI is InChI=1S/C30H27N7O/c31-24-3-1-2-23(18-24)30(38)34-25-7-4-21(5-8-25)22-6-9-27-28(19-22)35-29(20-33-27)37-16-14-36(15-17-37)26-10-12-32-13-11-26/h1-13,18-20H,14-17,31H2,(H,34,38). The Morgan fingerprint density at radius 1 is 0.789 bits per heavy atom. The van der Waals surface area contributed by atoms with Crippen molar-refractivity contribution in [2.45, 2.75) is 0 Å². The predicted octanol–water partition coefficient (Wildman–Crippen LogP) is 4.85. The van der Waals surface area contributed by atoms with Gasteiger partial charge in [-0.05, 0) is 65.7 Å². The summed E-state index contributed by atoms with van der Waals surface area (Å²) in [6, 6.07) is 24.9. The van der Waals surface area contributed by atoms with Crippen molar-refractivity contribution >= 4 is 39.8 Å². The Labute approximate surface area is 220 Å². The molecule has 1 amide bonds. The normalized spacial score (nSPS) is 13.5. The van der Waals surface area contributed by atoms with Crippen LogP contribution in [0.4, 0.5) is 22.9 Å². The van der Waals surface area contributed by atoms with E-state index in [0.29, 0.717) is 11.3 Å². The van der Waals surface area contributed by atoms with Gasteiger partial charge in [-0.1, -0.05) is 24.3 Å². The summed E-state index contributed by atoms with van der Waals surface area (Å²) in [6.45, 7) is 3.60. The molecule has 3 N–H and O–H groups in total. The number of nitrogens with one attached hydrogen (secondary N) is 1. The maximum atomic E-state index is 12.5. The molecule has 188 valence electrons. The highest BCUT2D eigenvalue weighted by molar-refractivity contribution is 6.04. The van der Waals surface area contributed by atoms with Crippen LogP contribution < -0.4 is 20.9 Å². The number of rotatable bonds is 5. The van der Waals surface area contributed by atoms with Crippen LogP contribution in [0.15, 0.2) is 97.5 Å². The van der Waals surface area contributed by atoms with Crippen LogP contribution in [-0.2, 0) is 0 Å².